The van der Waals surface area contributed by atoms with Gasteiger partial charge in [0.05, 0.1) is 12.6 Å². The molecule has 1 rings (SSSR count). The Morgan fingerprint density at radius 3 is 2.68 bits per heavy atom. The van der Waals surface area contributed by atoms with Crippen LogP contribution in [0.4, 0.5) is 0 Å². The number of nitrogens with zero attached hydrogens (tertiary/aromatic N) is 1. The molecule has 1 aliphatic rings. The second kappa shape index (κ2) is 8.15. The predicted molar refractivity (Wildman–Crippen MR) is 73.7 cm³/mol. The maximum absolute atomic E-state index is 12.1. The van der Waals surface area contributed by atoms with Crippen molar-refractivity contribution in [2.45, 2.75) is 58.0 Å². The Labute approximate surface area is 115 Å². The molecule has 1 fully saturated rings. The molecule has 2 atom stereocenters. The number of nitrogens with one attached hydrogen (secondary N) is 1. The molecule has 1 heterocycles. The van der Waals surface area contributed by atoms with Crippen LogP contribution in [0.25, 0.3) is 0 Å². The fraction of sp³-hybridized carbons (Fsp3) is 0.857. The van der Waals surface area contributed by atoms with Gasteiger partial charge in [0.25, 0.3) is 0 Å². The summed E-state index contributed by atoms with van der Waals surface area (Å²) >= 11 is 0. The summed E-state index contributed by atoms with van der Waals surface area (Å²) in [6.45, 7) is 5.04. The number of piperidine rings is 1. The van der Waals surface area contributed by atoms with Crippen molar-refractivity contribution >= 4 is 11.9 Å². The fourth-order valence-electron chi connectivity index (χ4n) is 2.71. The van der Waals surface area contributed by atoms with Gasteiger partial charge in [-0.2, -0.15) is 0 Å². The third-order valence-electron chi connectivity index (χ3n) is 3.61. The Morgan fingerprint density at radius 1 is 1.37 bits per heavy atom. The Kier molecular flexibility index (Phi) is 6.84. The summed E-state index contributed by atoms with van der Waals surface area (Å²) < 4.78 is 5.16. The molecular formula is C14H26N2O3. The lowest BCUT2D eigenvalue weighted by molar-refractivity contribution is -0.152. The van der Waals surface area contributed by atoms with Crippen LogP contribution in [0.1, 0.15) is 46.0 Å². The molecule has 0 aromatic heterocycles. The first-order valence-corrected chi connectivity index (χ1v) is 7.29. The van der Waals surface area contributed by atoms with Crippen LogP contribution in [-0.2, 0) is 14.3 Å². The van der Waals surface area contributed by atoms with Crippen LogP contribution in [0, 0.1) is 0 Å². The summed E-state index contributed by atoms with van der Waals surface area (Å²) in [5.74, 6) is -0.190. The van der Waals surface area contributed by atoms with Crippen LogP contribution in [0.5, 0.6) is 0 Å². The lowest BCUT2D eigenvalue weighted by atomic mass is 9.97. The lowest BCUT2D eigenvalue weighted by Gasteiger charge is -2.38. The number of rotatable bonds is 6. The molecule has 0 aliphatic carbocycles. The first kappa shape index (κ1) is 16.0. The second-order valence-corrected chi connectivity index (χ2v) is 4.92. The number of amides is 1. The number of carbonyl (C=O) groups excluding carboxylic acids is 2. The van der Waals surface area contributed by atoms with E-state index in [4.69, 9.17) is 4.74 Å². The summed E-state index contributed by atoms with van der Waals surface area (Å²) in [5, 5.41) is 2.70. The largest absolute Gasteiger partial charge is 0.465 e. The molecule has 0 saturated carbocycles. The highest BCUT2D eigenvalue weighted by atomic mass is 16.5. The van der Waals surface area contributed by atoms with Crippen molar-refractivity contribution < 1.29 is 14.3 Å². The molecule has 1 aliphatic heterocycles. The summed E-state index contributed by atoms with van der Waals surface area (Å²) in [5.41, 5.74) is 0. The number of ether oxygens (including phenoxy) is 1. The molecule has 0 spiro atoms. The third kappa shape index (κ3) is 4.20. The standard InChI is InChI=1S/C14H26N2O3/c1-4-8-12(14(18)19-5-2)16-10-7-6-9-11(16)13(17)15-3/h11-12H,4-10H2,1-3H3,(H,15,17). The zero-order valence-corrected chi connectivity index (χ0v) is 12.3. The molecule has 1 amide bonds. The van der Waals surface area contributed by atoms with Crippen LogP contribution in [-0.4, -0.2) is 49.1 Å². The van der Waals surface area contributed by atoms with Crippen molar-refractivity contribution in [1.82, 2.24) is 10.2 Å². The second-order valence-electron chi connectivity index (χ2n) is 4.92. The average Bonchev–Trinajstić information content (AvgIpc) is 2.44. The van der Waals surface area contributed by atoms with E-state index in [0.717, 1.165) is 38.6 Å². The normalized spacial score (nSPS) is 21.7. The van der Waals surface area contributed by atoms with E-state index in [1.807, 2.05) is 18.7 Å². The molecule has 110 valence electrons. The van der Waals surface area contributed by atoms with Gasteiger partial charge >= 0.3 is 5.97 Å². The van der Waals surface area contributed by atoms with Gasteiger partial charge in [0, 0.05) is 7.05 Å². The topological polar surface area (TPSA) is 58.6 Å². The summed E-state index contributed by atoms with van der Waals surface area (Å²) in [4.78, 5) is 26.1. The molecule has 5 heteroatoms. The molecule has 1 saturated heterocycles. The highest BCUT2D eigenvalue weighted by Gasteiger charge is 2.36. The summed E-state index contributed by atoms with van der Waals surface area (Å²) in [7, 11) is 1.65. The Bertz CT molecular complexity index is 307. The zero-order valence-electron chi connectivity index (χ0n) is 12.3. The summed E-state index contributed by atoms with van der Waals surface area (Å²) in [6, 6.07) is -0.479. The van der Waals surface area contributed by atoms with Gasteiger partial charge in [-0.05, 0) is 32.7 Å². The van der Waals surface area contributed by atoms with E-state index in [1.165, 1.54) is 0 Å². The number of likely N-dealkylation sites (N-methyl/N-ethyl adjacent to an activating group) is 1. The van der Waals surface area contributed by atoms with Crippen molar-refractivity contribution in [3.05, 3.63) is 0 Å². The van der Waals surface area contributed by atoms with Gasteiger partial charge in [0.2, 0.25) is 5.91 Å². The molecule has 0 aromatic carbocycles. The number of carbonyl (C=O) groups is 2. The summed E-state index contributed by atoms with van der Waals surface area (Å²) in [6.07, 6.45) is 4.54. The average molecular weight is 270 g/mol. The van der Waals surface area contributed by atoms with Crippen molar-refractivity contribution in [1.29, 1.82) is 0 Å². The number of hydrogen-bond donors (Lipinski definition) is 1. The monoisotopic (exact) mass is 270 g/mol. The van der Waals surface area contributed by atoms with Crippen molar-refractivity contribution in [3.8, 4) is 0 Å². The maximum Gasteiger partial charge on any atom is 0.323 e. The van der Waals surface area contributed by atoms with E-state index in [-0.39, 0.29) is 24.0 Å². The van der Waals surface area contributed by atoms with Gasteiger partial charge in [-0.3, -0.25) is 14.5 Å². The van der Waals surface area contributed by atoms with E-state index in [9.17, 15) is 9.59 Å². The zero-order chi connectivity index (χ0) is 14.3. The van der Waals surface area contributed by atoms with Crippen LogP contribution in [0.2, 0.25) is 0 Å². The highest BCUT2D eigenvalue weighted by Crippen LogP contribution is 2.22. The Hall–Kier alpha value is -1.10. The lowest BCUT2D eigenvalue weighted by Crippen LogP contribution is -2.55. The SMILES string of the molecule is CCCC(C(=O)OCC)N1CCCCC1C(=O)NC. The number of hydrogen-bond acceptors (Lipinski definition) is 4. The molecule has 19 heavy (non-hydrogen) atoms. The van der Waals surface area contributed by atoms with Gasteiger partial charge in [-0.15, -0.1) is 0 Å². The predicted octanol–water partition coefficient (Wildman–Crippen LogP) is 1.32. The molecule has 5 nitrogen and oxygen atoms in total. The fourth-order valence-corrected chi connectivity index (χ4v) is 2.71. The quantitative estimate of drug-likeness (QED) is 0.740. The van der Waals surface area contributed by atoms with Gasteiger partial charge in [-0.25, -0.2) is 0 Å². The van der Waals surface area contributed by atoms with Crippen LogP contribution in [0.15, 0.2) is 0 Å². The molecule has 0 bridgehead atoms. The first-order valence-electron chi connectivity index (χ1n) is 7.29. The molecule has 2 unspecified atom stereocenters. The van der Waals surface area contributed by atoms with Crippen LogP contribution < -0.4 is 5.32 Å². The molecule has 0 aromatic rings. The number of esters is 1. The minimum Gasteiger partial charge on any atom is -0.465 e. The van der Waals surface area contributed by atoms with E-state index in [0.29, 0.717) is 6.61 Å². The van der Waals surface area contributed by atoms with Crippen LogP contribution >= 0.6 is 0 Å². The Morgan fingerprint density at radius 2 is 2.11 bits per heavy atom. The minimum absolute atomic E-state index is 0.00472. The molecule has 1 N–H and O–H groups in total. The van der Waals surface area contributed by atoms with Crippen molar-refractivity contribution in [2.75, 3.05) is 20.2 Å². The molecular weight excluding hydrogens is 244 g/mol. The van der Waals surface area contributed by atoms with E-state index < -0.39 is 0 Å². The number of likely N-dealkylation sites (tertiary alicyclic amines) is 1. The van der Waals surface area contributed by atoms with Crippen LogP contribution in [0.3, 0.4) is 0 Å². The van der Waals surface area contributed by atoms with Gasteiger partial charge in [0.1, 0.15) is 6.04 Å². The van der Waals surface area contributed by atoms with E-state index in [1.54, 1.807) is 7.05 Å². The Balaban J connectivity index is 2.83. The minimum atomic E-state index is -0.285. The highest BCUT2D eigenvalue weighted by molar-refractivity contribution is 5.83. The smallest absolute Gasteiger partial charge is 0.323 e. The first-order chi connectivity index (χ1) is 9.15. The van der Waals surface area contributed by atoms with Crippen molar-refractivity contribution in [2.24, 2.45) is 0 Å². The third-order valence-corrected chi connectivity index (χ3v) is 3.61. The molecule has 0 radical (unpaired) electrons. The van der Waals surface area contributed by atoms with Gasteiger partial charge < -0.3 is 10.1 Å². The van der Waals surface area contributed by atoms with Gasteiger partial charge in [-0.1, -0.05) is 19.8 Å². The van der Waals surface area contributed by atoms with E-state index in [2.05, 4.69) is 5.32 Å². The van der Waals surface area contributed by atoms with E-state index >= 15 is 0 Å². The van der Waals surface area contributed by atoms with Gasteiger partial charge in [0.15, 0.2) is 0 Å². The van der Waals surface area contributed by atoms with Crippen molar-refractivity contribution in [3.63, 3.8) is 0 Å². The maximum atomic E-state index is 12.1.